The van der Waals surface area contributed by atoms with E-state index in [1.54, 1.807) is 23.7 Å². The topological polar surface area (TPSA) is 80.9 Å². The van der Waals surface area contributed by atoms with E-state index >= 15 is 0 Å². The summed E-state index contributed by atoms with van der Waals surface area (Å²) in [7, 11) is 0. The Hall–Kier alpha value is -3.06. The molecular formula is C20H18N4O2S. The highest BCUT2D eigenvalue weighted by molar-refractivity contribution is 7.15. The van der Waals surface area contributed by atoms with Crippen LogP contribution in [0.4, 0.5) is 0 Å². The Labute approximate surface area is 160 Å². The fourth-order valence-corrected chi connectivity index (χ4v) is 3.76. The molecule has 0 bridgehead atoms. The van der Waals surface area contributed by atoms with Gasteiger partial charge < -0.3 is 9.84 Å². The second kappa shape index (κ2) is 7.28. The average Bonchev–Trinajstić information content (AvgIpc) is 3.28. The van der Waals surface area contributed by atoms with Gasteiger partial charge in [-0.3, -0.25) is 9.78 Å². The number of aromatic nitrogens is 3. The lowest BCUT2D eigenvalue weighted by atomic mass is 10.1. The third-order valence-corrected chi connectivity index (χ3v) is 5.30. The lowest BCUT2D eigenvalue weighted by Gasteiger charge is -2.08. The zero-order valence-corrected chi connectivity index (χ0v) is 15.8. The number of hydrogen-bond donors (Lipinski definition) is 1. The normalized spacial score (nSPS) is 11.0. The van der Waals surface area contributed by atoms with Gasteiger partial charge in [0.25, 0.3) is 11.6 Å². The van der Waals surface area contributed by atoms with E-state index in [0.717, 1.165) is 10.4 Å². The maximum atomic E-state index is 12.9. The van der Waals surface area contributed by atoms with Crippen LogP contribution in [0, 0.1) is 13.8 Å². The van der Waals surface area contributed by atoms with E-state index in [2.05, 4.69) is 20.4 Å². The highest BCUT2D eigenvalue weighted by atomic mass is 32.1. The van der Waals surface area contributed by atoms with E-state index in [9.17, 15) is 4.79 Å². The van der Waals surface area contributed by atoms with E-state index in [4.69, 9.17) is 4.52 Å². The zero-order chi connectivity index (χ0) is 18.8. The minimum Gasteiger partial charge on any atom is -0.352 e. The summed E-state index contributed by atoms with van der Waals surface area (Å²) >= 11 is 1.63. The summed E-state index contributed by atoms with van der Waals surface area (Å²) in [5, 5.41) is 7.62. The van der Waals surface area contributed by atoms with Crippen LogP contribution in [-0.4, -0.2) is 27.6 Å². The molecule has 27 heavy (non-hydrogen) atoms. The predicted octanol–water partition coefficient (Wildman–Crippen LogP) is 3.94. The molecule has 136 valence electrons. The van der Waals surface area contributed by atoms with Gasteiger partial charge >= 0.3 is 0 Å². The second-order valence-electron chi connectivity index (χ2n) is 6.28. The molecule has 0 saturated heterocycles. The molecule has 4 heterocycles. The number of nitrogens with one attached hydrogen (secondary N) is 1. The Morgan fingerprint density at radius 2 is 2.15 bits per heavy atom. The quantitative estimate of drug-likeness (QED) is 0.569. The van der Waals surface area contributed by atoms with E-state index in [1.165, 1.54) is 4.88 Å². The van der Waals surface area contributed by atoms with Crippen molar-refractivity contribution < 1.29 is 9.32 Å². The molecule has 0 fully saturated rings. The number of fused-ring (bicyclic) bond motifs is 1. The number of carbonyl (C=O) groups is 1. The van der Waals surface area contributed by atoms with Crippen molar-refractivity contribution >= 4 is 28.3 Å². The largest absolute Gasteiger partial charge is 0.352 e. The molecule has 1 N–H and O–H groups in total. The van der Waals surface area contributed by atoms with Crippen molar-refractivity contribution in [3.63, 3.8) is 0 Å². The molecule has 7 heteroatoms. The third kappa shape index (κ3) is 3.59. The SMILES string of the molecule is Cc1ccc(-c2cc(C(=O)NCCc3cccnc3)c3c(C)noc3n2)s1. The summed E-state index contributed by atoms with van der Waals surface area (Å²) in [6, 6.07) is 9.73. The minimum atomic E-state index is -0.160. The average molecular weight is 378 g/mol. The molecule has 1 amide bonds. The molecule has 0 spiro atoms. The van der Waals surface area contributed by atoms with E-state index in [1.807, 2.05) is 44.2 Å². The molecule has 0 aliphatic rings. The molecule has 0 atom stereocenters. The number of hydrogen-bond acceptors (Lipinski definition) is 6. The van der Waals surface area contributed by atoms with Crippen LogP contribution in [0.2, 0.25) is 0 Å². The molecule has 0 unspecified atom stereocenters. The van der Waals surface area contributed by atoms with Gasteiger partial charge in [0.2, 0.25) is 0 Å². The lowest BCUT2D eigenvalue weighted by molar-refractivity contribution is 0.0955. The highest BCUT2D eigenvalue weighted by Crippen LogP contribution is 2.30. The molecule has 0 aliphatic carbocycles. The highest BCUT2D eigenvalue weighted by Gasteiger charge is 2.19. The summed E-state index contributed by atoms with van der Waals surface area (Å²) < 4.78 is 5.34. The zero-order valence-electron chi connectivity index (χ0n) is 15.0. The first kappa shape index (κ1) is 17.4. The molecular weight excluding hydrogens is 360 g/mol. The van der Waals surface area contributed by atoms with Gasteiger partial charge in [-0.25, -0.2) is 4.98 Å². The predicted molar refractivity (Wildman–Crippen MR) is 105 cm³/mol. The summed E-state index contributed by atoms with van der Waals surface area (Å²) in [6.07, 6.45) is 4.25. The Morgan fingerprint density at radius 1 is 1.26 bits per heavy atom. The molecule has 4 aromatic rings. The monoisotopic (exact) mass is 378 g/mol. The van der Waals surface area contributed by atoms with E-state index in [-0.39, 0.29) is 5.91 Å². The molecule has 6 nitrogen and oxygen atoms in total. The maximum Gasteiger partial charge on any atom is 0.259 e. The van der Waals surface area contributed by atoms with E-state index < -0.39 is 0 Å². The molecule has 0 radical (unpaired) electrons. The minimum absolute atomic E-state index is 0.160. The van der Waals surface area contributed by atoms with E-state index in [0.29, 0.717) is 41.0 Å². The molecule has 4 aromatic heterocycles. The van der Waals surface area contributed by atoms with Crippen LogP contribution in [0.3, 0.4) is 0 Å². The number of nitrogens with zero attached hydrogens (tertiary/aromatic N) is 3. The third-order valence-electron chi connectivity index (χ3n) is 4.28. The fourth-order valence-electron chi connectivity index (χ4n) is 2.93. The van der Waals surface area contributed by atoms with Gasteiger partial charge in [-0.2, -0.15) is 0 Å². The van der Waals surface area contributed by atoms with Crippen molar-refractivity contribution in [3.05, 3.63) is 64.4 Å². The van der Waals surface area contributed by atoms with Crippen molar-refractivity contribution in [1.82, 2.24) is 20.4 Å². The van der Waals surface area contributed by atoms with Crippen molar-refractivity contribution in [2.45, 2.75) is 20.3 Å². The summed E-state index contributed by atoms with van der Waals surface area (Å²) in [5.41, 5.74) is 3.37. The van der Waals surface area contributed by atoms with Crippen LogP contribution in [0.25, 0.3) is 21.7 Å². The fraction of sp³-hybridized carbons (Fsp3) is 0.200. The van der Waals surface area contributed by atoms with Gasteiger partial charge in [0.1, 0.15) is 0 Å². The summed E-state index contributed by atoms with van der Waals surface area (Å²) in [6.45, 7) is 4.37. The first-order chi connectivity index (χ1) is 13.1. The maximum absolute atomic E-state index is 12.9. The Kier molecular flexibility index (Phi) is 4.68. The summed E-state index contributed by atoms with van der Waals surface area (Å²) in [5.74, 6) is -0.160. The number of thiophene rings is 1. The van der Waals surface area contributed by atoms with Gasteiger partial charge in [-0.15, -0.1) is 11.3 Å². The lowest BCUT2D eigenvalue weighted by Crippen LogP contribution is -2.26. The van der Waals surface area contributed by atoms with Crippen LogP contribution >= 0.6 is 11.3 Å². The van der Waals surface area contributed by atoms with Crippen LogP contribution < -0.4 is 5.32 Å². The van der Waals surface area contributed by atoms with Crippen LogP contribution in [0.5, 0.6) is 0 Å². The number of amides is 1. The Balaban J connectivity index is 1.62. The molecule has 0 aliphatic heterocycles. The van der Waals surface area contributed by atoms with Gasteiger partial charge in [-0.05, 0) is 50.1 Å². The summed E-state index contributed by atoms with van der Waals surface area (Å²) in [4.78, 5) is 23.7. The van der Waals surface area contributed by atoms with Crippen molar-refractivity contribution in [2.75, 3.05) is 6.54 Å². The molecule has 4 rings (SSSR count). The van der Waals surface area contributed by atoms with Gasteiger partial charge in [-0.1, -0.05) is 11.2 Å². The van der Waals surface area contributed by atoms with Crippen LogP contribution in [0.15, 0.2) is 47.2 Å². The number of aryl methyl sites for hydroxylation is 2. The first-order valence-electron chi connectivity index (χ1n) is 8.63. The molecule has 0 aromatic carbocycles. The number of pyridine rings is 2. The number of rotatable bonds is 5. The Morgan fingerprint density at radius 3 is 2.89 bits per heavy atom. The van der Waals surface area contributed by atoms with Crippen molar-refractivity contribution in [2.24, 2.45) is 0 Å². The van der Waals surface area contributed by atoms with Gasteiger partial charge in [0.15, 0.2) is 0 Å². The van der Waals surface area contributed by atoms with Crippen molar-refractivity contribution in [3.8, 4) is 10.6 Å². The Bertz CT molecular complexity index is 1100. The first-order valence-corrected chi connectivity index (χ1v) is 9.44. The van der Waals surface area contributed by atoms with Gasteiger partial charge in [0, 0.05) is 23.8 Å². The number of carbonyl (C=O) groups excluding carboxylic acids is 1. The standard InChI is InChI=1S/C20H18N4O2S/c1-12-5-6-17(27-12)16-10-15(18-13(2)24-26-20(18)23-16)19(25)22-9-7-14-4-3-8-21-11-14/h3-6,8,10-11H,7,9H2,1-2H3,(H,22,25). The second-order valence-corrected chi connectivity index (χ2v) is 7.57. The van der Waals surface area contributed by atoms with Crippen LogP contribution in [-0.2, 0) is 6.42 Å². The smallest absolute Gasteiger partial charge is 0.259 e. The van der Waals surface area contributed by atoms with Crippen LogP contribution in [0.1, 0.15) is 26.5 Å². The van der Waals surface area contributed by atoms with Gasteiger partial charge in [0.05, 0.1) is 27.2 Å². The molecule has 0 saturated carbocycles. The van der Waals surface area contributed by atoms with Crippen molar-refractivity contribution in [1.29, 1.82) is 0 Å².